The average Bonchev–Trinajstić information content (AvgIpc) is 2.96. The Labute approximate surface area is 139 Å². The monoisotopic (exact) mass is 320 g/mol. The lowest BCUT2D eigenvalue weighted by Gasteiger charge is -2.23. The molecule has 0 unspecified atom stereocenters. The van der Waals surface area contributed by atoms with Gasteiger partial charge in [0.05, 0.1) is 0 Å². The minimum Gasteiger partial charge on any atom is -0.355 e. The van der Waals surface area contributed by atoms with Crippen molar-refractivity contribution in [2.24, 2.45) is 0 Å². The van der Waals surface area contributed by atoms with E-state index in [2.05, 4.69) is 36.1 Å². The molecule has 8 heteroatoms. The first-order chi connectivity index (χ1) is 11.8. The van der Waals surface area contributed by atoms with Crippen molar-refractivity contribution in [2.45, 2.75) is 6.42 Å². The number of hydrogen-bond acceptors (Lipinski definition) is 7. The maximum Gasteiger partial charge on any atom is 0.177 e. The van der Waals surface area contributed by atoms with Gasteiger partial charge in [0.15, 0.2) is 5.65 Å². The number of pyridine rings is 1. The summed E-state index contributed by atoms with van der Waals surface area (Å²) in [7, 11) is 0. The lowest BCUT2D eigenvalue weighted by molar-refractivity contribution is 0.775. The van der Waals surface area contributed by atoms with Gasteiger partial charge in [0.1, 0.15) is 29.7 Å². The molecule has 1 aliphatic heterocycles. The second-order valence-electron chi connectivity index (χ2n) is 5.65. The molecule has 0 radical (unpaired) electrons. The molecule has 0 saturated carbocycles. The van der Waals surface area contributed by atoms with Crippen molar-refractivity contribution in [2.75, 3.05) is 36.0 Å². The van der Waals surface area contributed by atoms with Crippen molar-refractivity contribution in [3.05, 3.63) is 42.4 Å². The van der Waals surface area contributed by atoms with Crippen molar-refractivity contribution in [3.63, 3.8) is 0 Å². The first-order valence-corrected chi connectivity index (χ1v) is 7.87. The number of nitrogens with zero attached hydrogens (tertiary/aromatic N) is 8. The van der Waals surface area contributed by atoms with Crippen molar-refractivity contribution in [1.82, 2.24) is 24.8 Å². The number of rotatable bonds is 2. The molecule has 1 aliphatic rings. The van der Waals surface area contributed by atoms with E-state index >= 15 is 0 Å². The molecule has 1 fully saturated rings. The molecule has 24 heavy (non-hydrogen) atoms. The molecule has 3 aromatic rings. The van der Waals surface area contributed by atoms with Crippen LogP contribution in [-0.2, 0) is 0 Å². The van der Waals surface area contributed by atoms with Gasteiger partial charge in [0, 0.05) is 26.2 Å². The van der Waals surface area contributed by atoms with Gasteiger partial charge in [-0.15, -0.1) is 15.3 Å². The van der Waals surface area contributed by atoms with E-state index < -0.39 is 0 Å². The fourth-order valence-electron chi connectivity index (χ4n) is 2.92. The van der Waals surface area contributed by atoms with Crippen LogP contribution in [0.2, 0.25) is 0 Å². The van der Waals surface area contributed by atoms with Crippen LogP contribution < -0.4 is 9.80 Å². The number of anilines is 2. The van der Waals surface area contributed by atoms with E-state index in [9.17, 15) is 0 Å². The van der Waals surface area contributed by atoms with E-state index in [1.165, 1.54) is 0 Å². The smallest absolute Gasteiger partial charge is 0.177 e. The Bertz CT molecular complexity index is 896. The maximum atomic E-state index is 9.02. The van der Waals surface area contributed by atoms with E-state index in [0.29, 0.717) is 5.69 Å². The summed E-state index contributed by atoms with van der Waals surface area (Å²) in [6, 6.07) is 11.6. The van der Waals surface area contributed by atoms with Crippen molar-refractivity contribution in [3.8, 4) is 6.07 Å². The Morgan fingerprint density at radius 1 is 0.958 bits per heavy atom. The summed E-state index contributed by atoms with van der Waals surface area (Å²) in [5, 5.41) is 21.4. The van der Waals surface area contributed by atoms with Crippen LogP contribution in [-0.4, -0.2) is 51.0 Å². The molecule has 0 N–H and O–H groups in total. The Morgan fingerprint density at radius 2 is 1.79 bits per heavy atom. The predicted molar refractivity (Wildman–Crippen MR) is 88.8 cm³/mol. The van der Waals surface area contributed by atoms with E-state index in [0.717, 1.165) is 49.9 Å². The zero-order valence-corrected chi connectivity index (χ0v) is 13.1. The predicted octanol–water partition coefficient (Wildman–Crippen LogP) is 1.11. The van der Waals surface area contributed by atoms with Crippen LogP contribution in [0.25, 0.3) is 5.65 Å². The van der Waals surface area contributed by atoms with Crippen molar-refractivity contribution < 1.29 is 0 Å². The lowest BCUT2D eigenvalue weighted by atomic mass is 10.3. The highest BCUT2D eigenvalue weighted by atomic mass is 15.4. The van der Waals surface area contributed by atoms with Gasteiger partial charge in [-0.2, -0.15) is 9.78 Å². The highest BCUT2D eigenvalue weighted by molar-refractivity contribution is 5.47. The quantitative estimate of drug-likeness (QED) is 0.699. The van der Waals surface area contributed by atoms with Gasteiger partial charge in [0.2, 0.25) is 0 Å². The molecule has 0 atom stereocenters. The summed E-state index contributed by atoms with van der Waals surface area (Å²) in [5.74, 6) is 1.78. The van der Waals surface area contributed by atoms with Crippen LogP contribution >= 0.6 is 0 Å². The molecule has 0 spiro atoms. The molecular formula is C16H16N8. The zero-order chi connectivity index (χ0) is 16.4. The van der Waals surface area contributed by atoms with Crippen LogP contribution in [0.5, 0.6) is 0 Å². The van der Waals surface area contributed by atoms with Crippen LogP contribution in [0.1, 0.15) is 12.1 Å². The van der Waals surface area contributed by atoms with Gasteiger partial charge in [-0.25, -0.2) is 4.98 Å². The minimum absolute atomic E-state index is 0.452. The first-order valence-electron chi connectivity index (χ1n) is 7.87. The summed E-state index contributed by atoms with van der Waals surface area (Å²) < 4.78 is 1.69. The molecule has 0 amide bonds. The fraction of sp³-hybridized carbons (Fsp3) is 0.312. The topological polar surface area (TPSA) is 86.2 Å². The molecule has 120 valence electrons. The van der Waals surface area contributed by atoms with E-state index in [1.807, 2.05) is 24.3 Å². The highest BCUT2D eigenvalue weighted by Gasteiger charge is 2.18. The number of aromatic nitrogens is 5. The molecule has 8 nitrogen and oxygen atoms in total. The van der Waals surface area contributed by atoms with E-state index in [4.69, 9.17) is 5.26 Å². The molecule has 4 rings (SSSR count). The third-order valence-electron chi connectivity index (χ3n) is 4.14. The lowest BCUT2D eigenvalue weighted by Crippen LogP contribution is -2.31. The molecule has 0 bridgehead atoms. The largest absolute Gasteiger partial charge is 0.355 e. The fourth-order valence-corrected chi connectivity index (χ4v) is 2.92. The Kier molecular flexibility index (Phi) is 3.67. The Morgan fingerprint density at radius 3 is 2.62 bits per heavy atom. The molecule has 0 aliphatic carbocycles. The summed E-state index contributed by atoms with van der Waals surface area (Å²) in [5.41, 5.74) is 1.20. The summed E-state index contributed by atoms with van der Waals surface area (Å²) in [4.78, 5) is 8.88. The third-order valence-corrected chi connectivity index (χ3v) is 4.14. The number of fused-ring (bicyclic) bond motifs is 1. The SMILES string of the molecule is N#Cc1cccc(N2CCCN(c3ccc4nncn4n3)CC2)n1. The van der Waals surface area contributed by atoms with Crippen molar-refractivity contribution >= 4 is 17.3 Å². The molecule has 3 aromatic heterocycles. The maximum absolute atomic E-state index is 9.02. The molecule has 1 saturated heterocycles. The molecular weight excluding hydrogens is 304 g/mol. The number of nitriles is 1. The van der Waals surface area contributed by atoms with Crippen molar-refractivity contribution in [1.29, 1.82) is 5.26 Å². The Hall–Kier alpha value is -3.21. The summed E-state index contributed by atoms with van der Waals surface area (Å²) >= 11 is 0. The van der Waals surface area contributed by atoms with Gasteiger partial charge in [0.25, 0.3) is 0 Å². The zero-order valence-electron chi connectivity index (χ0n) is 13.1. The Balaban J connectivity index is 1.52. The summed E-state index contributed by atoms with van der Waals surface area (Å²) in [6.07, 6.45) is 2.61. The van der Waals surface area contributed by atoms with Crippen LogP contribution in [0.3, 0.4) is 0 Å². The number of hydrogen-bond donors (Lipinski definition) is 0. The normalized spacial score (nSPS) is 15.3. The molecule has 0 aromatic carbocycles. The average molecular weight is 320 g/mol. The second-order valence-corrected chi connectivity index (χ2v) is 5.65. The molecule has 4 heterocycles. The summed E-state index contributed by atoms with van der Waals surface area (Å²) in [6.45, 7) is 3.52. The van der Waals surface area contributed by atoms with E-state index in [-0.39, 0.29) is 0 Å². The second kappa shape index (κ2) is 6.12. The van der Waals surface area contributed by atoms with Gasteiger partial charge in [-0.05, 0) is 30.7 Å². The van der Waals surface area contributed by atoms with Crippen LogP contribution in [0, 0.1) is 11.3 Å². The van der Waals surface area contributed by atoms with Gasteiger partial charge < -0.3 is 9.80 Å². The van der Waals surface area contributed by atoms with E-state index in [1.54, 1.807) is 16.9 Å². The standard InChI is InChI=1S/C16H16N8/c17-11-13-3-1-4-14(19-13)22-7-2-8-23(10-9-22)16-6-5-15-20-18-12-24(15)21-16/h1,3-6,12H,2,7-10H2. The van der Waals surface area contributed by atoms with Crippen LogP contribution in [0.15, 0.2) is 36.7 Å². The third kappa shape index (κ3) is 2.72. The van der Waals surface area contributed by atoms with Gasteiger partial charge in [-0.1, -0.05) is 6.07 Å². The van der Waals surface area contributed by atoms with Crippen LogP contribution in [0.4, 0.5) is 11.6 Å². The van der Waals surface area contributed by atoms with Gasteiger partial charge in [-0.3, -0.25) is 0 Å². The minimum atomic E-state index is 0.452. The first kappa shape index (κ1) is 14.4. The highest BCUT2D eigenvalue weighted by Crippen LogP contribution is 2.18. The van der Waals surface area contributed by atoms with Gasteiger partial charge >= 0.3 is 0 Å².